The molecule has 3 aromatic rings. The zero-order valence-corrected chi connectivity index (χ0v) is 17.5. The number of pyridine rings is 1. The molecule has 7 nitrogen and oxygen atoms in total. The Morgan fingerprint density at radius 3 is 2.57 bits per heavy atom. The van der Waals surface area contributed by atoms with Crippen LogP contribution in [0.1, 0.15) is 34.9 Å². The SMILES string of the molecule is COc1ccc(C(=O)N2CCC(n3c(C)cnc3-c3cccnc3)CC2)c(OC)c1. The van der Waals surface area contributed by atoms with Gasteiger partial charge in [-0.25, -0.2) is 4.98 Å². The molecule has 7 heteroatoms. The summed E-state index contributed by atoms with van der Waals surface area (Å²) in [5, 5.41) is 0. The molecule has 1 aromatic carbocycles. The minimum absolute atomic E-state index is 0.0113. The zero-order valence-electron chi connectivity index (χ0n) is 17.5. The van der Waals surface area contributed by atoms with Crippen LogP contribution in [0.5, 0.6) is 11.5 Å². The second kappa shape index (κ2) is 8.57. The lowest BCUT2D eigenvalue weighted by Gasteiger charge is -2.34. The lowest BCUT2D eigenvalue weighted by Crippen LogP contribution is -2.39. The highest BCUT2D eigenvalue weighted by Gasteiger charge is 2.28. The van der Waals surface area contributed by atoms with Crippen LogP contribution in [0.15, 0.2) is 48.9 Å². The van der Waals surface area contributed by atoms with Gasteiger partial charge < -0.3 is 18.9 Å². The average Bonchev–Trinajstić information content (AvgIpc) is 3.20. The Balaban J connectivity index is 1.50. The molecule has 0 radical (unpaired) electrons. The van der Waals surface area contributed by atoms with Crippen molar-refractivity contribution in [3.8, 4) is 22.9 Å². The summed E-state index contributed by atoms with van der Waals surface area (Å²) in [4.78, 5) is 23.8. The number of carbonyl (C=O) groups is 1. The van der Waals surface area contributed by atoms with Gasteiger partial charge in [0.25, 0.3) is 5.91 Å². The third kappa shape index (κ3) is 3.75. The summed E-state index contributed by atoms with van der Waals surface area (Å²) in [6, 6.07) is 9.55. The Labute approximate surface area is 176 Å². The van der Waals surface area contributed by atoms with Crippen molar-refractivity contribution in [1.29, 1.82) is 0 Å². The number of imidazole rings is 1. The Hall–Kier alpha value is -3.35. The van der Waals surface area contributed by atoms with Crippen LogP contribution in [0.25, 0.3) is 11.4 Å². The largest absolute Gasteiger partial charge is 0.497 e. The maximum Gasteiger partial charge on any atom is 0.257 e. The Morgan fingerprint density at radius 2 is 1.90 bits per heavy atom. The molecule has 2 aromatic heterocycles. The topological polar surface area (TPSA) is 69.5 Å². The maximum absolute atomic E-state index is 13.1. The number of carbonyl (C=O) groups excluding carboxylic acids is 1. The lowest BCUT2D eigenvalue weighted by atomic mass is 10.0. The van der Waals surface area contributed by atoms with Crippen LogP contribution >= 0.6 is 0 Å². The number of ether oxygens (including phenoxy) is 2. The van der Waals surface area contributed by atoms with Gasteiger partial charge in [-0.3, -0.25) is 9.78 Å². The van der Waals surface area contributed by atoms with Gasteiger partial charge in [-0.1, -0.05) is 0 Å². The van der Waals surface area contributed by atoms with Gasteiger partial charge in [0.1, 0.15) is 17.3 Å². The molecule has 1 fully saturated rings. The van der Waals surface area contributed by atoms with Crippen LogP contribution in [-0.4, -0.2) is 52.7 Å². The summed E-state index contributed by atoms with van der Waals surface area (Å²) in [5.41, 5.74) is 2.69. The summed E-state index contributed by atoms with van der Waals surface area (Å²) in [6.07, 6.45) is 7.25. The number of likely N-dealkylation sites (tertiary alicyclic amines) is 1. The Morgan fingerprint density at radius 1 is 1.10 bits per heavy atom. The molecule has 1 aliphatic heterocycles. The molecule has 3 heterocycles. The highest BCUT2D eigenvalue weighted by Crippen LogP contribution is 2.32. The first-order valence-corrected chi connectivity index (χ1v) is 10.1. The number of hydrogen-bond donors (Lipinski definition) is 0. The van der Waals surface area contributed by atoms with Gasteiger partial charge in [0.15, 0.2) is 0 Å². The second-order valence-corrected chi connectivity index (χ2v) is 7.42. The fourth-order valence-electron chi connectivity index (χ4n) is 4.09. The first kappa shape index (κ1) is 19.9. The zero-order chi connectivity index (χ0) is 21.1. The molecule has 0 N–H and O–H groups in total. The van der Waals surface area contributed by atoms with Gasteiger partial charge in [0.05, 0.1) is 19.8 Å². The van der Waals surface area contributed by atoms with E-state index in [1.54, 1.807) is 38.6 Å². The number of benzene rings is 1. The van der Waals surface area contributed by atoms with E-state index in [1.165, 1.54) is 0 Å². The van der Waals surface area contributed by atoms with Gasteiger partial charge >= 0.3 is 0 Å². The standard InChI is InChI=1S/C23H26N4O3/c1-16-14-25-22(17-5-4-10-24-15-17)27(16)18-8-11-26(12-9-18)23(28)20-7-6-19(29-2)13-21(20)30-3/h4-7,10,13-15,18H,8-9,11-12H2,1-3H3. The number of amides is 1. The summed E-state index contributed by atoms with van der Waals surface area (Å²) in [7, 11) is 3.17. The number of aromatic nitrogens is 3. The molecule has 0 bridgehead atoms. The minimum atomic E-state index is -0.0113. The molecule has 0 atom stereocenters. The summed E-state index contributed by atoms with van der Waals surface area (Å²) < 4.78 is 12.9. The van der Waals surface area contributed by atoms with E-state index in [2.05, 4.69) is 21.5 Å². The van der Waals surface area contributed by atoms with Crippen molar-refractivity contribution in [3.63, 3.8) is 0 Å². The van der Waals surface area contributed by atoms with Crippen LogP contribution in [0.2, 0.25) is 0 Å². The fourth-order valence-corrected chi connectivity index (χ4v) is 4.09. The van der Waals surface area contributed by atoms with Crippen LogP contribution in [-0.2, 0) is 0 Å². The summed E-state index contributed by atoms with van der Waals surface area (Å²) >= 11 is 0. The molecule has 1 amide bonds. The smallest absolute Gasteiger partial charge is 0.257 e. The lowest BCUT2D eigenvalue weighted by molar-refractivity contribution is 0.0691. The highest BCUT2D eigenvalue weighted by atomic mass is 16.5. The van der Waals surface area contributed by atoms with Crippen molar-refractivity contribution in [2.45, 2.75) is 25.8 Å². The van der Waals surface area contributed by atoms with Gasteiger partial charge in [-0.2, -0.15) is 0 Å². The first-order valence-electron chi connectivity index (χ1n) is 10.1. The predicted octanol–water partition coefficient (Wildman–Crippen LogP) is 3.75. The van der Waals surface area contributed by atoms with Crippen molar-refractivity contribution in [2.75, 3.05) is 27.3 Å². The van der Waals surface area contributed by atoms with Crippen LogP contribution in [0, 0.1) is 6.92 Å². The second-order valence-electron chi connectivity index (χ2n) is 7.42. The molecular weight excluding hydrogens is 380 g/mol. The van der Waals surface area contributed by atoms with Crippen LogP contribution in [0.4, 0.5) is 0 Å². The van der Waals surface area contributed by atoms with Crippen molar-refractivity contribution in [2.24, 2.45) is 0 Å². The number of piperidine rings is 1. The van der Waals surface area contributed by atoms with Gasteiger partial charge in [0, 0.05) is 55.0 Å². The third-order valence-corrected chi connectivity index (χ3v) is 5.66. The number of rotatable bonds is 5. The summed E-state index contributed by atoms with van der Waals surface area (Å²) in [5.74, 6) is 2.12. The van der Waals surface area contributed by atoms with Gasteiger partial charge in [-0.05, 0) is 44.0 Å². The fraction of sp³-hybridized carbons (Fsp3) is 0.348. The molecule has 0 spiro atoms. The Bertz CT molecular complexity index is 1020. The van der Waals surface area contributed by atoms with E-state index in [0.717, 1.165) is 29.9 Å². The van der Waals surface area contributed by atoms with E-state index in [9.17, 15) is 4.79 Å². The van der Waals surface area contributed by atoms with Crippen LogP contribution in [0.3, 0.4) is 0 Å². The molecule has 1 aliphatic rings. The number of nitrogens with zero attached hydrogens (tertiary/aromatic N) is 4. The van der Waals surface area contributed by atoms with Crippen LogP contribution < -0.4 is 9.47 Å². The maximum atomic E-state index is 13.1. The average molecular weight is 406 g/mol. The molecule has 4 rings (SSSR count). The van der Waals surface area contributed by atoms with E-state index in [4.69, 9.17) is 9.47 Å². The quantitative estimate of drug-likeness (QED) is 0.645. The molecule has 0 aliphatic carbocycles. The third-order valence-electron chi connectivity index (χ3n) is 5.66. The highest BCUT2D eigenvalue weighted by molar-refractivity contribution is 5.97. The van der Waals surface area contributed by atoms with E-state index < -0.39 is 0 Å². The van der Waals surface area contributed by atoms with Crippen molar-refractivity contribution < 1.29 is 14.3 Å². The van der Waals surface area contributed by atoms with Crippen molar-refractivity contribution in [3.05, 3.63) is 60.2 Å². The molecule has 1 saturated heterocycles. The molecule has 0 unspecified atom stereocenters. The van der Waals surface area contributed by atoms with E-state index >= 15 is 0 Å². The molecule has 156 valence electrons. The first-order chi connectivity index (χ1) is 14.6. The molecule has 30 heavy (non-hydrogen) atoms. The Kier molecular flexibility index (Phi) is 5.70. The van der Waals surface area contributed by atoms with Gasteiger partial charge in [0.2, 0.25) is 0 Å². The monoisotopic (exact) mass is 406 g/mol. The van der Waals surface area contributed by atoms with Crippen molar-refractivity contribution >= 4 is 5.91 Å². The summed E-state index contributed by atoms with van der Waals surface area (Å²) in [6.45, 7) is 3.44. The predicted molar refractivity (Wildman–Crippen MR) is 114 cm³/mol. The normalized spacial score (nSPS) is 14.6. The molecular formula is C23H26N4O3. The molecule has 0 saturated carbocycles. The van der Waals surface area contributed by atoms with E-state index in [1.807, 2.05) is 29.4 Å². The van der Waals surface area contributed by atoms with E-state index in [-0.39, 0.29) is 5.91 Å². The number of hydrogen-bond acceptors (Lipinski definition) is 5. The van der Waals surface area contributed by atoms with E-state index in [0.29, 0.717) is 36.2 Å². The minimum Gasteiger partial charge on any atom is -0.497 e. The number of methoxy groups -OCH3 is 2. The number of aryl methyl sites for hydroxylation is 1. The van der Waals surface area contributed by atoms with Gasteiger partial charge in [-0.15, -0.1) is 0 Å². The van der Waals surface area contributed by atoms with Crippen molar-refractivity contribution in [1.82, 2.24) is 19.4 Å².